The third-order valence-electron chi connectivity index (χ3n) is 3.49. The average molecular weight is 265 g/mol. The Labute approximate surface area is 113 Å². The Bertz CT molecular complexity index is 453. The number of carbonyl (C=O) groups is 1. The monoisotopic (exact) mass is 265 g/mol. The highest BCUT2D eigenvalue weighted by Crippen LogP contribution is 2.18. The van der Waals surface area contributed by atoms with Gasteiger partial charge in [-0.25, -0.2) is 4.39 Å². The Kier molecular flexibility index (Phi) is 4.53. The van der Waals surface area contributed by atoms with Gasteiger partial charge in [0.25, 0.3) is 5.91 Å². The number of halogens is 1. The van der Waals surface area contributed by atoms with Gasteiger partial charge >= 0.3 is 0 Å². The molecule has 3 nitrogen and oxygen atoms in total. The molecule has 4 heteroatoms. The van der Waals surface area contributed by atoms with Crippen LogP contribution in [0.5, 0.6) is 0 Å². The zero-order valence-electron chi connectivity index (χ0n) is 11.5. The molecular formula is C15H20FNO2. The summed E-state index contributed by atoms with van der Waals surface area (Å²) in [5, 5.41) is 0. The van der Waals surface area contributed by atoms with Crippen LogP contribution in [-0.2, 0) is 4.74 Å². The fraction of sp³-hybridized carbons (Fsp3) is 0.533. The van der Waals surface area contributed by atoms with Crippen LogP contribution in [0.15, 0.2) is 18.2 Å². The first-order chi connectivity index (χ1) is 9.11. The topological polar surface area (TPSA) is 29.5 Å². The normalized spacial score (nSPS) is 16.7. The van der Waals surface area contributed by atoms with E-state index in [4.69, 9.17) is 4.74 Å². The van der Waals surface area contributed by atoms with Gasteiger partial charge in [-0.2, -0.15) is 0 Å². The summed E-state index contributed by atoms with van der Waals surface area (Å²) < 4.78 is 19.3. The van der Waals surface area contributed by atoms with Crippen molar-refractivity contribution in [3.8, 4) is 0 Å². The van der Waals surface area contributed by atoms with E-state index in [1.54, 1.807) is 17.0 Å². The van der Waals surface area contributed by atoms with E-state index < -0.39 is 5.82 Å². The van der Waals surface area contributed by atoms with Crippen molar-refractivity contribution in [3.05, 3.63) is 35.1 Å². The van der Waals surface area contributed by atoms with Gasteiger partial charge in [0, 0.05) is 19.7 Å². The number of rotatable bonds is 3. The number of carbonyl (C=O) groups excluding carboxylic acids is 1. The standard InChI is InChI=1S/C15H20FNO2/c1-3-19-12-6-8-17(9-7-12)15(18)13-5-4-11(2)10-14(13)16/h4-5,10,12H,3,6-9H2,1-2H3. The molecule has 1 fully saturated rings. The van der Waals surface area contributed by atoms with Crippen molar-refractivity contribution in [1.29, 1.82) is 0 Å². The molecule has 0 unspecified atom stereocenters. The van der Waals surface area contributed by atoms with E-state index in [1.165, 1.54) is 6.07 Å². The predicted molar refractivity (Wildman–Crippen MR) is 71.7 cm³/mol. The van der Waals surface area contributed by atoms with Gasteiger partial charge in [0.05, 0.1) is 11.7 Å². The minimum atomic E-state index is -0.433. The summed E-state index contributed by atoms with van der Waals surface area (Å²) in [5.74, 6) is -0.649. The van der Waals surface area contributed by atoms with Gasteiger partial charge in [-0.3, -0.25) is 4.79 Å². The molecular weight excluding hydrogens is 245 g/mol. The molecule has 1 heterocycles. The van der Waals surface area contributed by atoms with E-state index in [1.807, 2.05) is 13.8 Å². The molecule has 0 bridgehead atoms. The lowest BCUT2D eigenvalue weighted by Crippen LogP contribution is -2.41. The Balaban J connectivity index is 2.01. The highest BCUT2D eigenvalue weighted by molar-refractivity contribution is 5.94. The van der Waals surface area contributed by atoms with Crippen LogP contribution in [0.3, 0.4) is 0 Å². The summed E-state index contributed by atoms with van der Waals surface area (Å²) in [4.78, 5) is 14.0. The zero-order valence-corrected chi connectivity index (χ0v) is 11.5. The Morgan fingerprint density at radius 3 is 2.68 bits per heavy atom. The smallest absolute Gasteiger partial charge is 0.256 e. The van der Waals surface area contributed by atoms with Crippen LogP contribution < -0.4 is 0 Å². The highest BCUT2D eigenvalue weighted by Gasteiger charge is 2.25. The molecule has 19 heavy (non-hydrogen) atoms. The van der Waals surface area contributed by atoms with Crippen LogP contribution in [0.4, 0.5) is 4.39 Å². The third-order valence-corrected chi connectivity index (χ3v) is 3.49. The van der Waals surface area contributed by atoms with Gasteiger partial charge in [-0.05, 0) is 44.4 Å². The molecule has 0 atom stereocenters. The number of benzene rings is 1. The van der Waals surface area contributed by atoms with Crippen molar-refractivity contribution in [1.82, 2.24) is 4.90 Å². The predicted octanol–water partition coefficient (Wildman–Crippen LogP) is 2.78. The van der Waals surface area contributed by atoms with E-state index in [0.717, 1.165) is 18.4 Å². The molecule has 1 amide bonds. The Hall–Kier alpha value is -1.42. The van der Waals surface area contributed by atoms with E-state index in [2.05, 4.69) is 0 Å². The van der Waals surface area contributed by atoms with Gasteiger partial charge in [0.15, 0.2) is 0 Å². The number of likely N-dealkylation sites (tertiary alicyclic amines) is 1. The third kappa shape index (κ3) is 3.32. The van der Waals surface area contributed by atoms with Crippen LogP contribution >= 0.6 is 0 Å². The molecule has 0 spiro atoms. The van der Waals surface area contributed by atoms with Crippen LogP contribution in [0.2, 0.25) is 0 Å². The lowest BCUT2D eigenvalue weighted by Gasteiger charge is -2.31. The fourth-order valence-corrected chi connectivity index (χ4v) is 2.43. The lowest BCUT2D eigenvalue weighted by atomic mass is 10.1. The van der Waals surface area contributed by atoms with E-state index in [9.17, 15) is 9.18 Å². The summed E-state index contributed by atoms with van der Waals surface area (Å²) in [6.45, 7) is 5.75. The number of aryl methyl sites for hydroxylation is 1. The van der Waals surface area contributed by atoms with E-state index in [-0.39, 0.29) is 17.6 Å². The molecule has 1 aliphatic rings. The molecule has 0 aromatic heterocycles. The van der Waals surface area contributed by atoms with Gasteiger partial charge < -0.3 is 9.64 Å². The number of nitrogens with zero attached hydrogens (tertiary/aromatic N) is 1. The summed E-state index contributed by atoms with van der Waals surface area (Å²) in [6.07, 6.45) is 1.89. The highest BCUT2D eigenvalue weighted by atomic mass is 19.1. The maximum absolute atomic E-state index is 13.8. The van der Waals surface area contributed by atoms with Crippen molar-refractivity contribution >= 4 is 5.91 Å². The molecule has 2 rings (SSSR count). The fourth-order valence-electron chi connectivity index (χ4n) is 2.43. The molecule has 1 aromatic carbocycles. The molecule has 0 N–H and O–H groups in total. The minimum absolute atomic E-state index is 0.167. The first-order valence-corrected chi connectivity index (χ1v) is 6.79. The number of hydrogen-bond donors (Lipinski definition) is 0. The summed E-state index contributed by atoms with van der Waals surface area (Å²) in [5.41, 5.74) is 0.990. The minimum Gasteiger partial charge on any atom is -0.378 e. The van der Waals surface area contributed by atoms with Crippen molar-refractivity contribution in [2.75, 3.05) is 19.7 Å². The second-order valence-electron chi connectivity index (χ2n) is 4.93. The van der Waals surface area contributed by atoms with E-state index in [0.29, 0.717) is 19.7 Å². The summed E-state index contributed by atoms with van der Waals surface area (Å²) >= 11 is 0. The number of amides is 1. The van der Waals surface area contributed by atoms with Gasteiger partial charge in [-0.1, -0.05) is 6.07 Å². The van der Waals surface area contributed by atoms with Gasteiger partial charge in [0.2, 0.25) is 0 Å². The molecule has 1 saturated heterocycles. The Morgan fingerprint density at radius 2 is 2.11 bits per heavy atom. The zero-order chi connectivity index (χ0) is 13.8. The molecule has 1 aliphatic heterocycles. The molecule has 104 valence electrons. The number of ether oxygens (including phenoxy) is 1. The average Bonchev–Trinajstić information content (AvgIpc) is 2.39. The first kappa shape index (κ1) is 14.0. The Morgan fingerprint density at radius 1 is 1.42 bits per heavy atom. The number of piperidine rings is 1. The lowest BCUT2D eigenvalue weighted by molar-refractivity contribution is 0.0145. The van der Waals surface area contributed by atoms with Crippen molar-refractivity contribution in [2.24, 2.45) is 0 Å². The maximum atomic E-state index is 13.8. The van der Waals surface area contributed by atoms with Crippen LogP contribution in [0.25, 0.3) is 0 Å². The largest absolute Gasteiger partial charge is 0.378 e. The molecule has 0 radical (unpaired) electrons. The molecule has 0 aliphatic carbocycles. The van der Waals surface area contributed by atoms with Crippen molar-refractivity contribution in [3.63, 3.8) is 0 Å². The first-order valence-electron chi connectivity index (χ1n) is 6.79. The van der Waals surface area contributed by atoms with Crippen LogP contribution in [0.1, 0.15) is 35.7 Å². The van der Waals surface area contributed by atoms with Crippen molar-refractivity contribution in [2.45, 2.75) is 32.8 Å². The van der Waals surface area contributed by atoms with E-state index >= 15 is 0 Å². The second kappa shape index (κ2) is 6.15. The van der Waals surface area contributed by atoms with Gasteiger partial charge in [0.1, 0.15) is 5.82 Å². The van der Waals surface area contributed by atoms with Crippen LogP contribution in [0, 0.1) is 12.7 Å². The van der Waals surface area contributed by atoms with Crippen LogP contribution in [-0.4, -0.2) is 36.6 Å². The SMILES string of the molecule is CCOC1CCN(C(=O)c2ccc(C)cc2F)CC1. The molecule has 1 aromatic rings. The maximum Gasteiger partial charge on any atom is 0.256 e. The van der Waals surface area contributed by atoms with Crippen molar-refractivity contribution < 1.29 is 13.9 Å². The molecule has 0 saturated carbocycles. The quantitative estimate of drug-likeness (QED) is 0.841. The van der Waals surface area contributed by atoms with Gasteiger partial charge in [-0.15, -0.1) is 0 Å². The summed E-state index contributed by atoms with van der Waals surface area (Å²) in [6, 6.07) is 4.74. The second-order valence-corrected chi connectivity index (χ2v) is 4.93. The summed E-state index contributed by atoms with van der Waals surface area (Å²) in [7, 11) is 0. The number of hydrogen-bond acceptors (Lipinski definition) is 2.